The molecule has 4 fully saturated rings. The van der Waals surface area contributed by atoms with E-state index in [2.05, 4.69) is 149 Å². The molecule has 10 aromatic rings. The lowest BCUT2D eigenvalue weighted by Crippen LogP contribution is -2.31. The fourth-order valence-corrected chi connectivity index (χ4v) is 11.9. The Morgan fingerprint density at radius 3 is 1.67 bits per heavy atom. The van der Waals surface area contributed by atoms with Crippen LogP contribution in [0.2, 0.25) is 0 Å². The van der Waals surface area contributed by atoms with Gasteiger partial charge in [0.05, 0.1) is 22.1 Å². The first-order chi connectivity index (χ1) is 26.7. The summed E-state index contributed by atoms with van der Waals surface area (Å²) >= 11 is 0. The predicted octanol–water partition coefficient (Wildman–Crippen LogP) is 13.5. The van der Waals surface area contributed by atoms with Gasteiger partial charge >= 0.3 is 0 Å². The summed E-state index contributed by atoms with van der Waals surface area (Å²) in [4.78, 5) is 0. The molecule has 0 radical (unpaired) electrons. The predicted molar refractivity (Wildman–Crippen MR) is 223 cm³/mol. The van der Waals surface area contributed by atoms with Crippen molar-refractivity contribution in [3.05, 3.63) is 157 Å². The third kappa shape index (κ3) is 3.97. The molecule has 3 heteroatoms. The van der Waals surface area contributed by atoms with Crippen molar-refractivity contribution in [2.45, 2.75) is 37.5 Å². The highest BCUT2D eigenvalue weighted by Gasteiger charge is 2.56. The Bertz CT molecular complexity index is 3170. The number of hydrogen-bond acceptors (Lipinski definition) is 1. The molecular weight excluding hydrogens is 657 g/mol. The standard InChI is InChI=1S/C51H38N2O/c1-4-13-45-39(10-1)43-24-32(16-20-47(43)52(45)37-9-7-8-36(26-37)51-28-31-22-34(29-51)35(23-31)30-51)33-17-21-48-44(25-33)40-11-2-5-14-46(40)53(48)38-18-19-42-41-12-3-6-15-49(41)54-50(42)27-38/h1-21,24-27,31,34-35H,22-23,28-30H2. The average Bonchev–Trinajstić information content (AvgIpc) is 3.99. The van der Waals surface area contributed by atoms with Crippen LogP contribution in [0.25, 0.3) is 88.1 Å². The second-order valence-electron chi connectivity index (χ2n) is 16.7. The topological polar surface area (TPSA) is 23.0 Å². The molecule has 0 saturated heterocycles. The minimum Gasteiger partial charge on any atom is -0.456 e. The van der Waals surface area contributed by atoms with E-state index in [-0.39, 0.29) is 0 Å². The van der Waals surface area contributed by atoms with E-state index in [4.69, 9.17) is 4.42 Å². The smallest absolute Gasteiger partial charge is 0.137 e. The van der Waals surface area contributed by atoms with Crippen molar-refractivity contribution in [2.75, 3.05) is 0 Å². The molecule has 0 aliphatic heterocycles. The second kappa shape index (κ2) is 10.5. The second-order valence-corrected chi connectivity index (χ2v) is 16.7. The van der Waals surface area contributed by atoms with E-state index >= 15 is 0 Å². The number of aromatic nitrogens is 2. The van der Waals surface area contributed by atoms with Gasteiger partial charge in [0.1, 0.15) is 11.2 Å². The molecule has 2 unspecified atom stereocenters. The molecule has 3 heterocycles. The molecule has 14 rings (SSSR count). The van der Waals surface area contributed by atoms with Crippen LogP contribution in [-0.2, 0) is 5.41 Å². The van der Waals surface area contributed by atoms with E-state index in [0.717, 1.165) is 45.4 Å². The molecule has 3 aromatic heterocycles. The van der Waals surface area contributed by atoms with Gasteiger partial charge in [0.25, 0.3) is 0 Å². The maximum Gasteiger partial charge on any atom is 0.137 e. The summed E-state index contributed by atoms with van der Waals surface area (Å²) in [5.41, 5.74) is 13.6. The van der Waals surface area contributed by atoms with Crippen LogP contribution < -0.4 is 0 Å². The highest BCUT2D eigenvalue weighted by atomic mass is 16.3. The summed E-state index contributed by atoms with van der Waals surface area (Å²) in [7, 11) is 0. The molecule has 54 heavy (non-hydrogen) atoms. The van der Waals surface area contributed by atoms with Crippen LogP contribution in [0.3, 0.4) is 0 Å². The van der Waals surface area contributed by atoms with Gasteiger partial charge in [-0.25, -0.2) is 0 Å². The first kappa shape index (κ1) is 29.4. The lowest BCUT2D eigenvalue weighted by molar-refractivity contribution is 0.229. The van der Waals surface area contributed by atoms with E-state index in [0.29, 0.717) is 5.41 Å². The van der Waals surface area contributed by atoms with Crippen LogP contribution in [0.5, 0.6) is 0 Å². The Morgan fingerprint density at radius 2 is 1.00 bits per heavy atom. The first-order valence-corrected chi connectivity index (χ1v) is 19.8. The number of furan rings is 1. The summed E-state index contributed by atoms with van der Waals surface area (Å²) in [6.45, 7) is 0. The number of nitrogens with zero attached hydrogens (tertiary/aromatic N) is 2. The normalized spacial score (nSPS) is 22.0. The van der Waals surface area contributed by atoms with E-state index < -0.39 is 0 Å². The van der Waals surface area contributed by atoms with Crippen molar-refractivity contribution < 1.29 is 4.42 Å². The Kier molecular flexibility index (Phi) is 5.74. The van der Waals surface area contributed by atoms with Crippen LogP contribution in [-0.4, -0.2) is 9.13 Å². The Balaban J connectivity index is 0.944. The maximum absolute atomic E-state index is 6.32. The zero-order valence-corrected chi connectivity index (χ0v) is 30.0. The SMILES string of the molecule is c1cc(-n2c3ccccc3c3cc(-c4ccc5c(c4)c4ccccc4n5-c4ccc5c(c4)oc4ccccc45)ccc32)cc(C23CC4CC(C2)C(C4)C3)c1. The van der Waals surface area contributed by atoms with Crippen molar-refractivity contribution in [2.24, 2.45) is 17.8 Å². The van der Waals surface area contributed by atoms with Gasteiger partial charge in [-0.1, -0.05) is 78.9 Å². The number of fused-ring (bicyclic) bond motifs is 9. The summed E-state index contributed by atoms with van der Waals surface area (Å²) in [6.07, 6.45) is 7.15. The largest absolute Gasteiger partial charge is 0.456 e. The van der Waals surface area contributed by atoms with Crippen molar-refractivity contribution in [1.29, 1.82) is 0 Å². The molecule has 258 valence electrons. The first-order valence-electron chi connectivity index (χ1n) is 19.8. The summed E-state index contributed by atoms with van der Waals surface area (Å²) < 4.78 is 11.2. The Morgan fingerprint density at radius 1 is 0.426 bits per heavy atom. The fourth-order valence-electron chi connectivity index (χ4n) is 11.9. The summed E-state index contributed by atoms with van der Waals surface area (Å²) in [5.74, 6) is 2.87. The maximum atomic E-state index is 6.32. The Labute approximate surface area is 313 Å². The van der Waals surface area contributed by atoms with Gasteiger partial charge in [-0.05, 0) is 139 Å². The van der Waals surface area contributed by atoms with Crippen LogP contribution in [0.4, 0.5) is 0 Å². The number of hydrogen-bond donors (Lipinski definition) is 0. The minimum absolute atomic E-state index is 0.389. The molecule has 4 bridgehead atoms. The van der Waals surface area contributed by atoms with Gasteiger partial charge < -0.3 is 13.6 Å². The lowest BCUT2D eigenvalue weighted by Gasteiger charge is -2.39. The van der Waals surface area contributed by atoms with Crippen LogP contribution in [0, 0.1) is 17.8 Å². The van der Waals surface area contributed by atoms with Gasteiger partial charge in [-0.15, -0.1) is 0 Å². The molecule has 4 saturated carbocycles. The van der Waals surface area contributed by atoms with E-state index in [1.54, 1.807) is 5.56 Å². The molecule has 0 spiro atoms. The minimum atomic E-state index is 0.389. The van der Waals surface area contributed by atoms with Crippen molar-refractivity contribution in [3.63, 3.8) is 0 Å². The van der Waals surface area contributed by atoms with Crippen LogP contribution in [0.1, 0.15) is 37.7 Å². The molecule has 2 atom stereocenters. The third-order valence-electron chi connectivity index (χ3n) is 13.9. The van der Waals surface area contributed by atoms with E-state index in [1.807, 2.05) is 12.1 Å². The van der Waals surface area contributed by atoms with Gasteiger partial charge in [-0.2, -0.15) is 0 Å². The van der Waals surface area contributed by atoms with E-state index in [9.17, 15) is 0 Å². The fraction of sp³-hybridized carbons (Fsp3) is 0.176. The quantitative estimate of drug-likeness (QED) is 0.180. The molecule has 3 nitrogen and oxygen atoms in total. The van der Waals surface area contributed by atoms with Crippen LogP contribution >= 0.6 is 0 Å². The monoisotopic (exact) mass is 694 g/mol. The number of benzene rings is 7. The molecule has 0 amide bonds. The van der Waals surface area contributed by atoms with Crippen molar-refractivity contribution in [3.8, 4) is 22.5 Å². The Hall–Kier alpha value is -6.06. The van der Waals surface area contributed by atoms with Gasteiger partial charge in [-0.3, -0.25) is 0 Å². The highest BCUT2D eigenvalue weighted by molar-refractivity contribution is 6.13. The van der Waals surface area contributed by atoms with Gasteiger partial charge in [0, 0.05) is 49.8 Å². The lowest BCUT2D eigenvalue weighted by atomic mass is 9.66. The van der Waals surface area contributed by atoms with Gasteiger partial charge in [0.15, 0.2) is 0 Å². The number of rotatable bonds is 4. The average molecular weight is 695 g/mol. The van der Waals surface area contributed by atoms with E-state index in [1.165, 1.54) is 92.5 Å². The molecule has 7 aromatic carbocycles. The molecule has 4 aliphatic rings. The van der Waals surface area contributed by atoms with Crippen LogP contribution in [0.15, 0.2) is 156 Å². The summed E-state index contributed by atoms with van der Waals surface area (Å²) in [5, 5.41) is 7.40. The van der Waals surface area contributed by atoms with Crippen molar-refractivity contribution in [1.82, 2.24) is 9.13 Å². The molecular formula is C51H38N2O. The molecule has 4 aliphatic carbocycles. The zero-order chi connectivity index (χ0) is 35.1. The zero-order valence-electron chi connectivity index (χ0n) is 30.0. The number of para-hydroxylation sites is 3. The van der Waals surface area contributed by atoms with Gasteiger partial charge in [0.2, 0.25) is 0 Å². The third-order valence-corrected chi connectivity index (χ3v) is 13.9. The van der Waals surface area contributed by atoms with Crippen molar-refractivity contribution >= 4 is 65.6 Å². The highest BCUT2D eigenvalue weighted by Crippen LogP contribution is 2.64. The summed E-state index contributed by atoms with van der Waals surface area (Å²) in [6, 6.07) is 56.4. The molecule has 0 N–H and O–H groups in total.